The van der Waals surface area contributed by atoms with Crippen molar-refractivity contribution in [3.05, 3.63) is 29.8 Å². The van der Waals surface area contributed by atoms with Crippen LogP contribution in [0.25, 0.3) is 0 Å². The monoisotopic (exact) mass is 276 g/mol. The number of ether oxygens (including phenoxy) is 1. The lowest BCUT2D eigenvalue weighted by Crippen LogP contribution is -2.41. The molecule has 1 aromatic rings. The Morgan fingerprint density at radius 1 is 1.40 bits per heavy atom. The molecule has 0 saturated carbocycles. The van der Waals surface area contributed by atoms with Crippen LogP contribution in [0.3, 0.4) is 0 Å². The third-order valence-electron chi connectivity index (χ3n) is 3.93. The van der Waals surface area contributed by atoms with E-state index in [1.807, 2.05) is 36.2 Å². The molecule has 0 spiro atoms. The highest BCUT2D eigenvalue weighted by molar-refractivity contribution is 5.78. The van der Waals surface area contributed by atoms with Crippen molar-refractivity contribution in [2.24, 2.45) is 5.92 Å². The molecule has 1 aromatic carbocycles. The van der Waals surface area contributed by atoms with Crippen LogP contribution in [0.2, 0.25) is 0 Å². The van der Waals surface area contributed by atoms with Crippen LogP contribution in [-0.4, -0.2) is 50.0 Å². The Bertz CT molecular complexity index is 444. The normalized spacial score (nSPS) is 19.6. The molecular formula is C16H24N2O2. The number of carbonyl (C=O) groups is 1. The molecule has 20 heavy (non-hydrogen) atoms. The molecular weight excluding hydrogens is 252 g/mol. The Hall–Kier alpha value is -1.55. The van der Waals surface area contributed by atoms with Gasteiger partial charge in [-0.2, -0.15) is 0 Å². The van der Waals surface area contributed by atoms with Gasteiger partial charge in [0.15, 0.2) is 0 Å². The van der Waals surface area contributed by atoms with Gasteiger partial charge in [-0.05, 0) is 44.1 Å². The lowest BCUT2D eigenvalue weighted by Gasteiger charge is -2.31. The number of amides is 1. The van der Waals surface area contributed by atoms with Gasteiger partial charge in [-0.3, -0.25) is 4.79 Å². The van der Waals surface area contributed by atoms with Crippen LogP contribution in [-0.2, 0) is 11.3 Å². The minimum absolute atomic E-state index is 0.150. The van der Waals surface area contributed by atoms with Crippen molar-refractivity contribution in [1.82, 2.24) is 9.80 Å². The summed E-state index contributed by atoms with van der Waals surface area (Å²) in [5, 5.41) is 0. The van der Waals surface area contributed by atoms with Crippen molar-refractivity contribution < 1.29 is 9.53 Å². The zero-order chi connectivity index (χ0) is 14.5. The Labute approximate surface area is 121 Å². The molecule has 1 atom stereocenters. The van der Waals surface area contributed by atoms with Gasteiger partial charge in [0.25, 0.3) is 0 Å². The summed E-state index contributed by atoms with van der Waals surface area (Å²) in [4.78, 5) is 16.5. The molecule has 0 radical (unpaired) electrons. The molecule has 0 bridgehead atoms. The topological polar surface area (TPSA) is 32.8 Å². The van der Waals surface area contributed by atoms with Crippen molar-refractivity contribution in [3.63, 3.8) is 0 Å². The minimum Gasteiger partial charge on any atom is -0.497 e. The first-order valence-corrected chi connectivity index (χ1v) is 7.16. The van der Waals surface area contributed by atoms with E-state index in [1.165, 1.54) is 0 Å². The largest absolute Gasteiger partial charge is 0.497 e. The van der Waals surface area contributed by atoms with Crippen LogP contribution in [0.1, 0.15) is 18.4 Å². The number of likely N-dealkylation sites (tertiary alicyclic amines) is 1. The number of piperidine rings is 1. The Morgan fingerprint density at radius 2 is 2.10 bits per heavy atom. The van der Waals surface area contributed by atoms with Gasteiger partial charge >= 0.3 is 0 Å². The van der Waals surface area contributed by atoms with Crippen molar-refractivity contribution in [2.45, 2.75) is 19.4 Å². The Balaban J connectivity index is 1.92. The van der Waals surface area contributed by atoms with E-state index in [-0.39, 0.29) is 11.8 Å². The second-order valence-electron chi connectivity index (χ2n) is 5.64. The predicted octanol–water partition coefficient (Wildman–Crippen LogP) is 2.00. The van der Waals surface area contributed by atoms with E-state index >= 15 is 0 Å². The van der Waals surface area contributed by atoms with Crippen molar-refractivity contribution >= 4 is 5.91 Å². The predicted molar refractivity (Wildman–Crippen MR) is 79.7 cm³/mol. The van der Waals surface area contributed by atoms with E-state index in [0.29, 0.717) is 6.54 Å². The summed E-state index contributed by atoms with van der Waals surface area (Å²) in [6.45, 7) is 2.64. The molecule has 0 aliphatic carbocycles. The molecule has 1 aliphatic rings. The van der Waals surface area contributed by atoms with Gasteiger partial charge in [0.1, 0.15) is 5.75 Å². The first-order chi connectivity index (χ1) is 9.60. The van der Waals surface area contributed by atoms with E-state index in [9.17, 15) is 4.79 Å². The minimum atomic E-state index is 0.150. The molecule has 0 unspecified atom stereocenters. The fraction of sp³-hybridized carbons (Fsp3) is 0.562. The maximum absolute atomic E-state index is 12.4. The SMILES string of the molecule is COc1ccc(CN(C)C(=O)[C@@H]2CCCN(C)C2)cc1. The number of carbonyl (C=O) groups excluding carboxylic acids is 1. The number of benzene rings is 1. The summed E-state index contributed by atoms with van der Waals surface area (Å²) in [5.41, 5.74) is 1.13. The summed E-state index contributed by atoms with van der Waals surface area (Å²) in [7, 11) is 5.63. The maximum Gasteiger partial charge on any atom is 0.227 e. The number of hydrogen-bond acceptors (Lipinski definition) is 3. The maximum atomic E-state index is 12.4. The van der Waals surface area contributed by atoms with Gasteiger partial charge in [0, 0.05) is 20.1 Å². The number of hydrogen-bond donors (Lipinski definition) is 0. The fourth-order valence-electron chi connectivity index (χ4n) is 2.76. The third kappa shape index (κ3) is 3.73. The molecule has 1 amide bonds. The van der Waals surface area contributed by atoms with Crippen molar-refractivity contribution in [3.8, 4) is 5.75 Å². The molecule has 0 N–H and O–H groups in total. The van der Waals surface area contributed by atoms with Crippen LogP contribution in [0, 0.1) is 5.92 Å². The van der Waals surface area contributed by atoms with E-state index in [0.717, 1.165) is 37.2 Å². The standard InChI is InChI=1S/C16H24N2O2/c1-17-10-4-5-14(12-17)16(19)18(2)11-13-6-8-15(20-3)9-7-13/h6-9,14H,4-5,10-12H2,1-3H3/t14-/m1/s1. The zero-order valence-electron chi connectivity index (χ0n) is 12.6. The van der Waals surface area contributed by atoms with Crippen LogP contribution < -0.4 is 4.74 Å². The quantitative estimate of drug-likeness (QED) is 0.843. The molecule has 1 heterocycles. The molecule has 4 nitrogen and oxygen atoms in total. The van der Waals surface area contributed by atoms with Gasteiger partial charge in [-0.15, -0.1) is 0 Å². The summed E-state index contributed by atoms with van der Waals surface area (Å²) >= 11 is 0. The average molecular weight is 276 g/mol. The summed E-state index contributed by atoms with van der Waals surface area (Å²) in [6.07, 6.45) is 2.12. The van der Waals surface area contributed by atoms with Crippen LogP contribution in [0.4, 0.5) is 0 Å². The van der Waals surface area contributed by atoms with Crippen molar-refractivity contribution in [1.29, 1.82) is 0 Å². The summed E-state index contributed by atoms with van der Waals surface area (Å²) in [5.74, 6) is 1.25. The first-order valence-electron chi connectivity index (χ1n) is 7.16. The lowest BCUT2D eigenvalue weighted by molar-refractivity contribution is -0.136. The molecule has 2 rings (SSSR count). The molecule has 110 valence electrons. The molecule has 0 aromatic heterocycles. The van der Waals surface area contributed by atoms with Gasteiger partial charge in [0.2, 0.25) is 5.91 Å². The highest BCUT2D eigenvalue weighted by Crippen LogP contribution is 2.19. The smallest absolute Gasteiger partial charge is 0.227 e. The second-order valence-corrected chi connectivity index (χ2v) is 5.64. The van der Waals surface area contributed by atoms with E-state index in [1.54, 1.807) is 7.11 Å². The highest BCUT2D eigenvalue weighted by atomic mass is 16.5. The van der Waals surface area contributed by atoms with Crippen LogP contribution >= 0.6 is 0 Å². The van der Waals surface area contributed by atoms with Crippen molar-refractivity contribution in [2.75, 3.05) is 34.3 Å². The fourth-order valence-corrected chi connectivity index (χ4v) is 2.76. The van der Waals surface area contributed by atoms with E-state index < -0.39 is 0 Å². The molecule has 1 saturated heterocycles. The highest BCUT2D eigenvalue weighted by Gasteiger charge is 2.26. The number of methoxy groups -OCH3 is 1. The number of rotatable bonds is 4. The molecule has 1 fully saturated rings. The lowest BCUT2D eigenvalue weighted by atomic mass is 9.97. The molecule has 4 heteroatoms. The summed E-state index contributed by atoms with van der Waals surface area (Å²) < 4.78 is 5.14. The van der Waals surface area contributed by atoms with Gasteiger partial charge in [-0.1, -0.05) is 12.1 Å². The van der Waals surface area contributed by atoms with Gasteiger partial charge in [-0.25, -0.2) is 0 Å². The third-order valence-corrected chi connectivity index (χ3v) is 3.93. The Kier molecular flexibility index (Phi) is 5.01. The zero-order valence-corrected chi connectivity index (χ0v) is 12.6. The van der Waals surface area contributed by atoms with Gasteiger partial charge in [0.05, 0.1) is 13.0 Å². The van der Waals surface area contributed by atoms with Crippen LogP contribution in [0.5, 0.6) is 5.75 Å². The average Bonchev–Trinajstić information content (AvgIpc) is 2.47. The van der Waals surface area contributed by atoms with E-state index in [4.69, 9.17) is 4.74 Å². The van der Waals surface area contributed by atoms with Gasteiger partial charge < -0.3 is 14.5 Å². The second kappa shape index (κ2) is 6.75. The number of nitrogens with zero attached hydrogens (tertiary/aromatic N) is 2. The van der Waals surface area contributed by atoms with Crippen LogP contribution in [0.15, 0.2) is 24.3 Å². The Morgan fingerprint density at radius 3 is 2.70 bits per heavy atom. The molecule has 1 aliphatic heterocycles. The first kappa shape index (κ1) is 14.9. The van der Waals surface area contributed by atoms with E-state index in [2.05, 4.69) is 11.9 Å². The summed E-state index contributed by atoms with van der Waals surface area (Å²) in [6, 6.07) is 7.88.